The molecule has 0 unspecified atom stereocenters. The maximum Gasteiger partial charge on any atom is 3.00 e. The Morgan fingerprint density at radius 3 is 0.875 bits per heavy atom. The van der Waals surface area contributed by atoms with Gasteiger partial charge < -0.3 is 28.2 Å². The zero-order chi connectivity index (χ0) is 4.50. The summed E-state index contributed by atoms with van der Waals surface area (Å²) in [5.74, 6) is 0. The Hall–Kier alpha value is 2.78. The van der Waals surface area contributed by atoms with Crippen LogP contribution in [0.25, 0.3) is 0 Å². The fourth-order valence-electron chi connectivity index (χ4n) is 0. The Balaban J connectivity index is -0.0000000267. The average molecular weight is 322 g/mol. The third-order valence-electron chi connectivity index (χ3n) is 0. The van der Waals surface area contributed by atoms with Gasteiger partial charge in [-0.1, -0.05) is 0 Å². The van der Waals surface area contributed by atoms with Crippen molar-refractivity contribution in [3.05, 3.63) is 0 Å². The minimum atomic E-state index is -5.61. The molecule has 8 heavy (non-hydrogen) atoms. The Morgan fingerprint density at radius 1 is 0.875 bits per heavy atom. The van der Waals surface area contributed by atoms with Crippen LogP contribution >= 0.6 is 0 Å². The third kappa shape index (κ3) is 68.7. The first kappa shape index (κ1) is 22.4. The quantitative estimate of drug-likeness (QED) is 0.415. The van der Waals surface area contributed by atoms with E-state index in [-0.39, 0.29) is 85.7 Å². The summed E-state index contributed by atoms with van der Waals surface area (Å²) in [6.07, 6.45) is 0. The summed E-state index contributed by atoms with van der Waals surface area (Å²) in [5, 5.41) is 0. The summed E-state index contributed by atoms with van der Waals surface area (Å²) in [6.45, 7) is 0. The monoisotopic (exact) mass is 321 g/mol. The van der Waals surface area contributed by atoms with Gasteiger partial charge in [-0.15, -0.1) is 0 Å². The molecule has 0 spiro atoms. The fraction of sp³-hybridized carbons (Fsp3) is 0. The van der Waals surface area contributed by atoms with Crippen molar-refractivity contribution in [3.8, 4) is 0 Å². The van der Waals surface area contributed by atoms with E-state index in [0.29, 0.717) is 0 Å². The van der Waals surface area contributed by atoms with Crippen LogP contribution in [0.2, 0.25) is 0 Å². The van der Waals surface area contributed by atoms with Crippen LogP contribution < -0.4 is 19.2 Å². The molecule has 0 aromatic carbocycles. The van der Waals surface area contributed by atoms with Crippen LogP contribution in [-0.2, 0) is 19.5 Å². The Kier molecular flexibility index (Phi) is 27.4. The van der Waals surface area contributed by atoms with E-state index in [1.807, 2.05) is 0 Å². The summed E-state index contributed by atoms with van der Waals surface area (Å²) in [7, 11) is -5.61. The van der Waals surface area contributed by atoms with Crippen molar-refractivity contribution in [1.82, 2.24) is 0 Å². The summed E-state index contributed by atoms with van der Waals surface area (Å²) in [6, 6.07) is 0. The van der Waals surface area contributed by atoms with Gasteiger partial charge in [-0.25, -0.2) is 0 Å². The third-order valence-corrected chi connectivity index (χ3v) is 0. The first-order chi connectivity index (χ1) is 2.00. The predicted molar refractivity (Wildman–Crippen MR) is 17.3 cm³/mol. The molecule has 0 radical (unpaired) electrons. The van der Waals surface area contributed by atoms with E-state index in [9.17, 15) is 0 Å². The second-order valence-electron chi connectivity index (χ2n) is 0.500. The molecule has 32 valence electrons. The van der Waals surface area contributed by atoms with Crippen LogP contribution in [0, 0.1) is 0 Å². The van der Waals surface area contributed by atoms with Crippen LogP contribution in [0.1, 0.15) is 0 Å². The van der Waals surface area contributed by atoms with Gasteiger partial charge in [0.15, 0.2) is 0 Å². The van der Waals surface area contributed by atoms with Crippen molar-refractivity contribution in [2.75, 3.05) is 0 Å². The molecule has 0 aromatic heterocycles. The van der Waals surface area contributed by atoms with Crippen molar-refractivity contribution in [1.29, 1.82) is 0 Å². The van der Waals surface area contributed by atoms with E-state index in [2.05, 4.69) is 0 Å². The van der Waals surface area contributed by atoms with Gasteiger partial charge in [-0.3, -0.25) is 0 Å². The van der Waals surface area contributed by atoms with Crippen LogP contribution in [-0.4, -0.2) is 75.3 Å². The fourth-order valence-corrected chi connectivity index (χ4v) is 0. The van der Waals surface area contributed by atoms with Crippen molar-refractivity contribution in [3.63, 3.8) is 0 Å². The van der Waals surface area contributed by atoms with Gasteiger partial charge in [-0.2, -0.15) is 0 Å². The van der Waals surface area contributed by atoms with Gasteiger partial charge in [0.05, 0.1) is 0 Å². The van der Waals surface area contributed by atoms with Crippen molar-refractivity contribution in [2.24, 2.45) is 0 Å². The first-order valence-electron chi connectivity index (χ1n) is 0.816. The molecular formula is AlBaO4SiZn+3. The zero-order valence-corrected chi connectivity index (χ0v) is 13.7. The molecule has 0 atom stereocenters. The van der Waals surface area contributed by atoms with Gasteiger partial charge in [0, 0.05) is 0 Å². The molecule has 0 saturated carbocycles. The molecule has 0 rings (SSSR count). The maximum atomic E-state index is 8.58. The molecule has 0 aliphatic heterocycles. The molecule has 0 N–H and O–H groups in total. The van der Waals surface area contributed by atoms with Gasteiger partial charge >= 0.3 is 85.7 Å². The van der Waals surface area contributed by atoms with Crippen molar-refractivity contribution < 1.29 is 38.7 Å². The molecule has 0 heterocycles. The average Bonchev–Trinajstić information content (AvgIpc) is 0.722. The van der Waals surface area contributed by atoms with Crippen LogP contribution in [0.5, 0.6) is 0 Å². The van der Waals surface area contributed by atoms with Gasteiger partial charge in [0.2, 0.25) is 0 Å². The van der Waals surface area contributed by atoms with E-state index in [1.165, 1.54) is 0 Å². The minimum absolute atomic E-state index is 0. The molecule has 0 saturated heterocycles. The smallest absolute Gasteiger partial charge is 0.894 e. The Morgan fingerprint density at radius 2 is 0.875 bits per heavy atom. The van der Waals surface area contributed by atoms with Crippen molar-refractivity contribution >= 4 is 75.3 Å². The molecule has 0 fully saturated rings. The Bertz CT molecular complexity index is 31.5. The standard InChI is InChI=1S/Al.Ba.O4Si.Zn/c;;1-5(2,3)4;/q+3;+2;-4;+2. The largest absolute Gasteiger partial charge is 3.00 e. The summed E-state index contributed by atoms with van der Waals surface area (Å²) >= 11 is 0. The number of hydrogen-bond donors (Lipinski definition) is 0. The predicted octanol–water partition coefficient (Wildman–Crippen LogP) is -5.90. The second-order valence-corrected chi connectivity index (χ2v) is 1.50. The molecule has 4 nitrogen and oxygen atoms in total. The SMILES string of the molecule is [Al+3].[Ba+2].[O-][Si]([O-])([O-])[O-].[Zn+2]. The second kappa shape index (κ2) is 9.78. The van der Waals surface area contributed by atoms with E-state index in [1.54, 1.807) is 0 Å². The van der Waals surface area contributed by atoms with Crippen molar-refractivity contribution in [2.45, 2.75) is 0 Å². The van der Waals surface area contributed by atoms with Crippen LogP contribution in [0.4, 0.5) is 0 Å². The zero-order valence-electron chi connectivity index (χ0n) is 4.12. The summed E-state index contributed by atoms with van der Waals surface area (Å²) in [5.41, 5.74) is 0. The molecular weight excluding hydrogens is 322 g/mol. The van der Waals surface area contributed by atoms with Crippen LogP contribution in [0.15, 0.2) is 0 Å². The molecule has 0 amide bonds. The Labute approximate surface area is 112 Å². The molecule has 0 bridgehead atoms. The normalized spacial score (nSPS) is 7.50. The van der Waals surface area contributed by atoms with Gasteiger partial charge in [-0.05, 0) is 0 Å². The van der Waals surface area contributed by atoms with Crippen LogP contribution in [0.3, 0.4) is 0 Å². The molecule has 0 aliphatic carbocycles. The molecule has 8 heteroatoms. The summed E-state index contributed by atoms with van der Waals surface area (Å²) in [4.78, 5) is 34.3. The van der Waals surface area contributed by atoms with Gasteiger partial charge in [0.25, 0.3) is 0 Å². The molecule has 0 aliphatic rings. The molecule has 0 aromatic rings. The van der Waals surface area contributed by atoms with E-state index < -0.39 is 9.05 Å². The van der Waals surface area contributed by atoms with E-state index in [4.69, 9.17) is 19.2 Å². The number of rotatable bonds is 0. The van der Waals surface area contributed by atoms with E-state index >= 15 is 0 Å². The first-order valence-corrected chi connectivity index (χ1v) is 2.45. The topological polar surface area (TPSA) is 92.2 Å². The number of hydrogen-bond acceptors (Lipinski definition) is 4. The maximum absolute atomic E-state index is 8.58. The minimum Gasteiger partial charge on any atom is -0.894 e. The van der Waals surface area contributed by atoms with Gasteiger partial charge in [0.1, 0.15) is 0 Å². The van der Waals surface area contributed by atoms with E-state index in [0.717, 1.165) is 0 Å². The summed E-state index contributed by atoms with van der Waals surface area (Å²) < 4.78 is 0.